The number of ether oxygens (including phenoxy) is 1. The minimum absolute atomic E-state index is 0.00762. The first-order valence-electron chi connectivity index (χ1n) is 10.0. The van der Waals surface area contributed by atoms with Gasteiger partial charge in [-0.05, 0) is 56.9 Å². The highest BCUT2D eigenvalue weighted by atomic mass is 16.5. The summed E-state index contributed by atoms with van der Waals surface area (Å²) in [5.41, 5.74) is 2.66. The number of hydrogen-bond donors (Lipinski definition) is 1. The lowest BCUT2D eigenvalue weighted by molar-refractivity contribution is 0.0918. The highest BCUT2D eigenvalue weighted by Crippen LogP contribution is 2.28. The molecular formula is C20H27N5O3. The Labute approximate surface area is 163 Å². The number of carbonyl (C=O) groups is 1. The fourth-order valence-electron chi connectivity index (χ4n) is 4.34. The second-order valence-corrected chi connectivity index (χ2v) is 7.81. The van der Waals surface area contributed by atoms with Crippen molar-refractivity contribution in [1.82, 2.24) is 24.9 Å². The Hall–Kier alpha value is -2.64. The molecule has 1 amide bonds. The average molecular weight is 385 g/mol. The molecule has 4 rings (SSSR count). The molecule has 0 unspecified atom stereocenters. The number of rotatable bonds is 4. The van der Waals surface area contributed by atoms with Crippen molar-refractivity contribution in [3.63, 3.8) is 0 Å². The van der Waals surface area contributed by atoms with Crippen LogP contribution in [-0.4, -0.2) is 38.6 Å². The van der Waals surface area contributed by atoms with Crippen LogP contribution in [0.25, 0.3) is 0 Å². The Kier molecular flexibility index (Phi) is 5.19. The number of nitrogens with zero attached hydrogens (tertiary/aromatic N) is 4. The van der Waals surface area contributed by atoms with Gasteiger partial charge in [-0.25, -0.2) is 4.68 Å². The lowest BCUT2D eigenvalue weighted by atomic mass is 9.90. The molecule has 1 N–H and O–H groups in total. The molecule has 2 aromatic rings. The molecule has 0 aromatic carbocycles. The van der Waals surface area contributed by atoms with Crippen molar-refractivity contribution in [2.24, 2.45) is 7.05 Å². The molecule has 2 heterocycles. The van der Waals surface area contributed by atoms with Crippen LogP contribution in [0.2, 0.25) is 0 Å². The minimum atomic E-state index is -0.169. The lowest BCUT2D eigenvalue weighted by Crippen LogP contribution is -2.40. The maximum Gasteiger partial charge on any atom is 0.267 e. The monoisotopic (exact) mass is 385 g/mol. The number of amides is 1. The molecule has 150 valence electrons. The second-order valence-electron chi connectivity index (χ2n) is 7.81. The van der Waals surface area contributed by atoms with Crippen LogP contribution in [0.4, 0.5) is 0 Å². The number of nitrogens with one attached hydrogen (secondary N) is 1. The van der Waals surface area contributed by atoms with E-state index in [4.69, 9.17) is 4.74 Å². The van der Waals surface area contributed by atoms with Crippen molar-refractivity contribution in [3.05, 3.63) is 39.4 Å². The SMILES string of the molecule is COc1nn(C)cc1C(=O)NC1CCC(n2nc3c(cc2=O)CCCC3)CC1. The van der Waals surface area contributed by atoms with E-state index >= 15 is 0 Å². The van der Waals surface area contributed by atoms with Crippen LogP contribution in [-0.2, 0) is 19.9 Å². The quantitative estimate of drug-likeness (QED) is 0.866. The summed E-state index contributed by atoms with van der Waals surface area (Å²) in [5.74, 6) is 0.163. The molecule has 0 saturated heterocycles. The maximum absolute atomic E-state index is 12.6. The minimum Gasteiger partial charge on any atom is -0.479 e. The molecule has 0 aliphatic heterocycles. The van der Waals surface area contributed by atoms with Gasteiger partial charge in [-0.2, -0.15) is 5.10 Å². The normalized spacial score (nSPS) is 21.8. The lowest BCUT2D eigenvalue weighted by Gasteiger charge is -2.30. The predicted octanol–water partition coefficient (Wildman–Crippen LogP) is 1.78. The maximum atomic E-state index is 12.6. The molecular weight excluding hydrogens is 358 g/mol. The third kappa shape index (κ3) is 3.68. The number of aromatic nitrogens is 4. The van der Waals surface area contributed by atoms with E-state index in [1.54, 1.807) is 28.7 Å². The van der Waals surface area contributed by atoms with Crippen LogP contribution in [0.1, 0.15) is 66.2 Å². The van der Waals surface area contributed by atoms with E-state index < -0.39 is 0 Å². The molecule has 1 saturated carbocycles. The number of fused-ring (bicyclic) bond motifs is 1. The molecule has 8 nitrogen and oxygen atoms in total. The highest BCUT2D eigenvalue weighted by molar-refractivity contribution is 5.96. The first kappa shape index (κ1) is 18.7. The van der Waals surface area contributed by atoms with E-state index in [0.29, 0.717) is 11.4 Å². The van der Waals surface area contributed by atoms with Gasteiger partial charge in [0.2, 0.25) is 5.88 Å². The van der Waals surface area contributed by atoms with Crippen LogP contribution in [0, 0.1) is 0 Å². The summed E-state index contributed by atoms with van der Waals surface area (Å²) in [6.45, 7) is 0. The van der Waals surface area contributed by atoms with Gasteiger partial charge >= 0.3 is 0 Å². The fraction of sp³-hybridized carbons (Fsp3) is 0.600. The Bertz CT molecular complexity index is 924. The Morgan fingerprint density at radius 1 is 1.18 bits per heavy atom. The van der Waals surface area contributed by atoms with Gasteiger partial charge in [0.15, 0.2) is 0 Å². The second kappa shape index (κ2) is 7.77. The number of methoxy groups -OCH3 is 1. The van der Waals surface area contributed by atoms with Gasteiger partial charge in [0.25, 0.3) is 11.5 Å². The summed E-state index contributed by atoms with van der Waals surface area (Å²) in [6.07, 6.45) is 9.20. The zero-order chi connectivity index (χ0) is 19.7. The van der Waals surface area contributed by atoms with Crippen molar-refractivity contribution in [2.45, 2.75) is 63.5 Å². The molecule has 2 aliphatic rings. The fourth-order valence-corrected chi connectivity index (χ4v) is 4.34. The van der Waals surface area contributed by atoms with Crippen LogP contribution in [0.15, 0.2) is 17.1 Å². The smallest absolute Gasteiger partial charge is 0.267 e. The van der Waals surface area contributed by atoms with E-state index in [1.807, 2.05) is 0 Å². The highest BCUT2D eigenvalue weighted by Gasteiger charge is 2.27. The third-order valence-electron chi connectivity index (χ3n) is 5.84. The molecule has 2 aromatic heterocycles. The van der Waals surface area contributed by atoms with Gasteiger partial charge in [0.1, 0.15) is 5.56 Å². The van der Waals surface area contributed by atoms with Gasteiger partial charge in [0.05, 0.1) is 18.8 Å². The molecule has 0 atom stereocenters. The van der Waals surface area contributed by atoms with Crippen molar-refractivity contribution >= 4 is 5.91 Å². The third-order valence-corrected chi connectivity index (χ3v) is 5.84. The zero-order valence-electron chi connectivity index (χ0n) is 16.5. The Morgan fingerprint density at radius 2 is 1.93 bits per heavy atom. The number of hydrogen-bond acceptors (Lipinski definition) is 5. The molecule has 0 radical (unpaired) electrons. The topological polar surface area (TPSA) is 91.0 Å². The largest absolute Gasteiger partial charge is 0.479 e. The first-order valence-corrected chi connectivity index (χ1v) is 10.0. The van der Waals surface area contributed by atoms with Gasteiger partial charge in [-0.3, -0.25) is 14.3 Å². The predicted molar refractivity (Wildman–Crippen MR) is 104 cm³/mol. The van der Waals surface area contributed by atoms with Crippen molar-refractivity contribution < 1.29 is 9.53 Å². The average Bonchev–Trinajstić information content (AvgIpc) is 3.09. The molecule has 0 spiro atoms. The van der Waals surface area contributed by atoms with Crippen LogP contribution < -0.4 is 15.6 Å². The van der Waals surface area contributed by atoms with Gasteiger partial charge < -0.3 is 10.1 Å². The van der Waals surface area contributed by atoms with Crippen LogP contribution in [0.3, 0.4) is 0 Å². The van der Waals surface area contributed by atoms with E-state index in [-0.39, 0.29) is 23.6 Å². The van der Waals surface area contributed by atoms with Crippen molar-refractivity contribution in [1.29, 1.82) is 0 Å². The molecule has 1 fully saturated rings. The van der Waals surface area contributed by atoms with Gasteiger partial charge in [-0.1, -0.05) is 0 Å². The Morgan fingerprint density at radius 3 is 2.68 bits per heavy atom. The molecule has 2 aliphatic carbocycles. The summed E-state index contributed by atoms with van der Waals surface area (Å²) in [4.78, 5) is 25.1. The van der Waals surface area contributed by atoms with E-state index in [1.165, 1.54) is 7.11 Å². The summed E-state index contributed by atoms with van der Waals surface area (Å²) in [5, 5.41) is 11.9. The number of aryl methyl sites for hydroxylation is 3. The zero-order valence-corrected chi connectivity index (χ0v) is 16.5. The van der Waals surface area contributed by atoms with E-state index in [0.717, 1.165) is 62.6 Å². The summed E-state index contributed by atoms with van der Waals surface area (Å²) >= 11 is 0. The Balaban J connectivity index is 1.40. The standard InChI is InChI=1S/C20H27N5O3/c1-24-12-16(20(23-24)28-2)19(27)21-14-7-9-15(10-8-14)25-18(26)11-13-5-3-4-6-17(13)22-25/h11-12,14-15H,3-10H2,1-2H3,(H,21,27). The van der Waals surface area contributed by atoms with Crippen molar-refractivity contribution in [2.75, 3.05) is 7.11 Å². The summed E-state index contributed by atoms with van der Waals surface area (Å²) in [6, 6.07) is 1.98. The van der Waals surface area contributed by atoms with Crippen LogP contribution in [0.5, 0.6) is 5.88 Å². The van der Waals surface area contributed by atoms with E-state index in [2.05, 4.69) is 15.5 Å². The summed E-state index contributed by atoms with van der Waals surface area (Å²) in [7, 11) is 3.27. The number of carbonyl (C=O) groups excluding carboxylic acids is 1. The summed E-state index contributed by atoms with van der Waals surface area (Å²) < 4.78 is 8.43. The van der Waals surface area contributed by atoms with E-state index in [9.17, 15) is 9.59 Å². The molecule has 8 heteroatoms. The van der Waals surface area contributed by atoms with Gasteiger partial charge in [-0.15, -0.1) is 5.10 Å². The molecule has 28 heavy (non-hydrogen) atoms. The van der Waals surface area contributed by atoms with Crippen molar-refractivity contribution in [3.8, 4) is 5.88 Å². The first-order chi connectivity index (χ1) is 13.5. The molecule has 0 bridgehead atoms. The van der Waals surface area contributed by atoms with Crippen LogP contribution >= 0.6 is 0 Å². The van der Waals surface area contributed by atoms with Gasteiger partial charge in [0, 0.05) is 25.4 Å².